The average Bonchev–Trinajstić information content (AvgIpc) is 3.05. The minimum atomic E-state index is 0.643. The Morgan fingerprint density at radius 3 is 2.80 bits per heavy atom. The molecule has 0 nitrogen and oxygen atoms in total. The van der Waals surface area contributed by atoms with Crippen molar-refractivity contribution in [2.75, 3.05) is 0 Å². The van der Waals surface area contributed by atoms with Gasteiger partial charge in [0.25, 0.3) is 0 Å². The summed E-state index contributed by atoms with van der Waals surface area (Å²) in [5, 5.41) is 0. The van der Waals surface area contributed by atoms with Crippen molar-refractivity contribution in [3.8, 4) is 11.8 Å². The molecule has 0 N–H and O–H groups in total. The zero-order valence-electron chi connectivity index (χ0n) is 9.37. The molecule has 2 unspecified atom stereocenters. The Morgan fingerprint density at radius 1 is 1.27 bits per heavy atom. The summed E-state index contributed by atoms with van der Waals surface area (Å²) in [5.74, 6) is 8.05. The molecule has 0 heterocycles. The van der Waals surface area contributed by atoms with Crippen LogP contribution in [0.1, 0.15) is 44.1 Å². The van der Waals surface area contributed by atoms with Gasteiger partial charge in [-0.2, -0.15) is 0 Å². The summed E-state index contributed by atoms with van der Waals surface area (Å²) >= 11 is 0. The molecule has 1 saturated carbocycles. The van der Waals surface area contributed by atoms with Crippen molar-refractivity contribution in [1.82, 2.24) is 0 Å². The second kappa shape index (κ2) is 5.03. The van der Waals surface area contributed by atoms with Crippen LogP contribution in [0.25, 0.3) is 0 Å². The normalized spacial score (nSPS) is 23.0. The lowest BCUT2D eigenvalue weighted by Crippen LogP contribution is -1.80. The molecule has 0 spiro atoms. The predicted octanol–water partition coefficient (Wildman–Crippen LogP) is 3.98. The van der Waals surface area contributed by atoms with Gasteiger partial charge in [0.2, 0.25) is 0 Å². The number of rotatable bonds is 3. The Bertz CT molecular complexity index is 353. The maximum Gasteiger partial charge on any atom is 0.0278 e. The minimum Gasteiger partial charge on any atom is -0.103 e. The lowest BCUT2D eigenvalue weighted by molar-refractivity contribution is 0.826. The number of unbranched alkanes of at least 4 members (excludes halogenated alkanes) is 2. The second-order valence-corrected chi connectivity index (χ2v) is 4.28. The molecule has 0 aromatic heterocycles. The van der Waals surface area contributed by atoms with E-state index in [1.165, 1.54) is 24.8 Å². The zero-order chi connectivity index (χ0) is 10.5. The molecule has 0 saturated heterocycles. The topological polar surface area (TPSA) is 0 Å². The van der Waals surface area contributed by atoms with Crippen molar-refractivity contribution in [3.63, 3.8) is 0 Å². The summed E-state index contributed by atoms with van der Waals surface area (Å²) in [6.07, 6.45) is 4.84. The average molecular weight is 198 g/mol. The molecule has 2 rings (SSSR count). The van der Waals surface area contributed by atoms with Crippen molar-refractivity contribution in [1.29, 1.82) is 0 Å². The monoisotopic (exact) mass is 198 g/mol. The van der Waals surface area contributed by atoms with Gasteiger partial charge < -0.3 is 0 Å². The van der Waals surface area contributed by atoms with Crippen LogP contribution in [0.5, 0.6) is 0 Å². The van der Waals surface area contributed by atoms with Crippen LogP contribution in [0.3, 0.4) is 0 Å². The van der Waals surface area contributed by atoms with Crippen LogP contribution in [-0.4, -0.2) is 0 Å². The third-order valence-electron chi connectivity index (χ3n) is 2.96. The van der Waals surface area contributed by atoms with Gasteiger partial charge in [-0.05, 0) is 24.3 Å². The largest absolute Gasteiger partial charge is 0.103 e. The van der Waals surface area contributed by atoms with E-state index in [9.17, 15) is 0 Å². The van der Waals surface area contributed by atoms with E-state index in [1.54, 1.807) is 0 Å². The smallest absolute Gasteiger partial charge is 0.0278 e. The van der Waals surface area contributed by atoms with Crippen LogP contribution in [0, 0.1) is 17.8 Å². The first-order valence-corrected chi connectivity index (χ1v) is 5.95. The molecular weight excluding hydrogens is 180 g/mol. The molecule has 1 aliphatic carbocycles. The van der Waals surface area contributed by atoms with Gasteiger partial charge in [-0.25, -0.2) is 0 Å². The highest BCUT2D eigenvalue weighted by Crippen LogP contribution is 2.46. The lowest BCUT2D eigenvalue weighted by atomic mass is 10.1. The molecule has 0 amide bonds. The number of hydrogen-bond acceptors (Lipinski definition) is 0. The van der Waals surface area contributed by atoms with E-state index in [1.807, 2.05) is 0 Å². The standard InChI is InChI=1S/C15H18/c1-2-3-4-6-11-14-12-15(14)13-9-7-5-8-10-13/h5,7-10,14-15H,2-4,12H2,1H3. The van der Waals surface area contributed by atoms with E-state index in [-0.39, 0.29) is 0 Å². The van der Waals surface area contributed by atoms with E-state index in [4.69, 9.17) is 0 Å². The Labute approximate surface area is 92.7 Å². The van der Waals surface area contributed by atoms with Gasteiger partial charge in [0.15, 0.2) is 0 Å². The Balaban J connectivity index is 1.83. The van der Waals surface area contributed by atoms with Crippen molar-refractivity contribution in [3.05, 3.63) is 35.9 Å². The third-order valence-corrected chi connectivity index (χ3v) is 2.96. The molecule has 0 bridgehead atoms. The van der Waals surface area contributed by atoms with Crippen LogP contribution in [0.15, 0.2) is 30.3 Å². The summed E-state index contributed by atoms with van der Waals surface area (Å²) in [6.45, 7) is 2.21. The van der Waals surface area contributed by atoms with Gasteiger partial charge in [0, 0.05) is 12.3 Å². The number of benzene rings is 1. The van der Waals surface area contributed by atoms with E-state index in [0.717, 1.165) is 12.3 Å². The highest BCUT2D eigenvalue weighted by atomic mass is 14.4. The molecule has 1 fully saturated rings. The summed E-state index contributed by atoms with van der Waals surface area (Å²) in [5.41, 5.74) is 1.47. The van der Waals surface area contributed by atoms with Crippen LogP contribution in [0.4, 0.5) is 0 Å². The zero-order valence-corrected chi connectivity index (χ0v) is 9.37. The molecule has 0 aliphatic heterocycles. The molecule has 1 aromatic carbocycles. The summed E-state index contributed by atoms with van der Waals surface area (Å²) in [7, 11) is 0. The van der Waals surface area contributed by atoms with Gasteiger partial charge in [-0.15, -0.1) is 5.92 Å². The summed E-state index contributed by atoms with van der Waals surface area (Å²) in [4.78, 5) is 0. The molecule has 0 radical (unpaired) electrons. The van der Waals surface area contributed by atoms with Gasteiger partial charge in [0.1, 0.15) is 0 Å². The maximum absolute atomic E-state index is 3.39. The molecular formula is C15H18. The van der Waals surface area contributed by atoms with Crippen molar-refractivity contribution in [2.24, 2.45) is 5.92 Å². The lowest BCUT2D eigenvalue weighted by Gasteiger charge is -1.94. The van der Waals surface area contributed by atoms with E-state index >= 15 is 0 Å². The van der Waals surface area contributed by atoms with Gasteiger partial charge in [0.05, 0.1) is 0 Å². The fraction of sp³-hybridized carbons (Fsp3) is 0.467. The summed E-state index contributed by atoms with van der Waals surface area (Å²) in [6, 6.07) is 10.8. The van der Waals surface area contributed by atoms with Crippen molar-refractivity contribution < 1.29 is 0 Å². The van der Waals surface area contributed by atoms with Gasteiger partial charge in [-0.3, -0.25) is 0 Å². The van der Waals surface area contributed by atoms with E-state index in [0.29, 0.717) is 5.92 Å². The quantitative estimate of drug-likeness (QED) is 0.509. The fourth-order valence-electron chi connectivity index (χ4n) is 1.89. The summed E-state index contributed by atoms with van der Waals surface area (Å²) < 4.78 is 0. The van der Waals surface area contributed by atoms with Crippen LogP contribution in [0.2, 0.25) is 0 Å². The predicted molar refractivity (Wildman–Crippen MR) is 64.6 cm³/mol. The first-order valence-electron chi connectivity index (χ1n) is 5.95. The van der Waals surface area contributed by atoms with Crippen molar-refractivity contribution in [2.45, 2.75) is 38.5 Å². The minimum absolute atomic E-state index is 0.643. The van der Waals surface area contributed by atoms with Gasteiger partial charge >= 0.3 is 0 Å². The van der Waals surface area contributed by atoms with E-state index < -0.39 is 0 Å². The first kappa shape index (κ1) is 10.3. The Kier molecular flexibility index (Phi) is 3.45. The SMILES string of the molecule is CCCCC#CC1CC1c1ccccc1. The second-order valence-electron chi connectivity index (χ2n) is 4.28. The fourth-order valence-corrected chi connectivity index (χ4v) is 1.89. The maximum atomic E-state index is 3.39. The molecule has 1 aliphatic rings. The molecule has 1 aromatic rings. The number of hydrogen-bond donors (Lipinski definition) is 0. The van der Waals surface area contributed by atoms with Crippen molar-refractivity contribution >= 4 is 0 Å². The van der Waals surface area contributed by atoms with Crippen LogP contribution < -0.4 is 0 Å². The molecule has 0 heteroatoms. The molecule has 2 atom stereocenters. The van der Waals surface area contributed by atoms with Crippen LogP contribution >= 0.6 is 0 Å². The Morgan fingerprint density at radius 2 is 2.07 bits per heavy atom. The Hall–Kier alpha value is -1.22. The van der Waals surface area contributed by atoms with E-state index in [2.05, 4.69) is 49.1 Å². The third kappa shape index (κ3) is 2.86. The van der Waals surface area contributed by atoms with Crippen LogP contribution in [-0.2, 0) is 0 Å². The van der Waals surface area contributed by atoms with Gasteiger partial charge in [-0.1, -0.05) is 49.6 Å². The molecule has 78 valence electrons. The highest BCUT2D eigenvalue weighted by Gasteiger charge is 2.36. The first-order chi connectivity index (χ1) is 7.42. The molecule has 15 heavy (non-hydrogen) atoms. The highest BCUT2D eigenvalue weighted by molar-refractivity contribution is 5.30.